The molecule has 0 aromatic heterocycles. The molecule has 1 unspecified atom stereocenters. The molecule has 150 valence electrons. The summed E-state index contributed by atoms with van der Waals surface area (Å²) in [5.74, 6) is -0.00312. The summed E-state index contributed by atoms with van der Waals surface area (Å²) in [6.07, 6.45) is 12.2. The van der Waals surface area contributed by atoms with Crippen molar-refractivity contribution in [2.24, 2.45) is 4.99 Å². The molecule has 0 saturated carbocycles. The maximum Gasteiger partial charge on any atom is 0.277 e. The zero-order valence-corrected chi connectivity index (χ0v) is 17.1. The van der Waals surface area contributed by atoms with Crippen LogP contribution in [0.3, 0.4) is 0 Å². The molecule has 1 amide bonds. The van der Waals surface area contributed by atoms with Crippen LogP contribution in [0, 0.1) is 0 Å². The van der Waals surface area contributed by atoms with Crippen molar-refractivity contribution in [2.45, 2.75) is 25.2 Å². The van der Waals surface area contributed by atoms with Crippen molar-refractivity contribution in [1.29, 1.82) is 0 Å². The first-order chi connectivity index (χ1) is 14.8. The minimum Gasteiger partial charge on any atom is -0.299 e. The van der Waals surface area contributed by atoms with Crippen LogP contribution in [0.5, 0.6) is 0 Å². The highest BCUT2D eigenvalue weighted by Gasteiger charge is 2.28. The molecule has 30 heavy (non-hydrogen) atoms. The Hall–Kier alpha value is -3.04. The summed E-state index contributed by atoms with van der Waals surface area (Å²) in [4.78, 5) is 19.1. The van der Waals surface area contributed by atoms with Crippen LogP contribution in [-0.4, -0.2) is 36.2 Å². The van der Waals surface area contributed by atoms with Crippen LogP contribution in [0.2, 0.25) is 0 Å². The average Bonchev–Trinajstić information content (AvgIpc) is 2.81. The van der Waals surface area contributed by atoms with Crippen LogP contribution in [0.15, 0.2) is 89.5 Å². The Kier molecular flexibility index (Phi) is 5.29. The number of fused-ring (bicyclic) bond motifs is 3. The van der Waals surface area contributed by atoms with Crippen LogP contribution in [0.4, 0.5) is 0 Å². The van der Waals surface area contributed by atoms with Crippen LogP contribution in [0.1, 0.15) is 46.7 Å². The van der Waals surface area contributed by atoms with E-state index in [1.54, 1.807) is 0 Å². The number of nitrogens with zero attached hydrogens (tertiary/aromatic N) is 2. The number of benzene rings is 2. The van der Waals surface area contributed by atoms with Crippen molar-refractivity contribution in [3.05, 3.63) is 101 Å². The van der Waals surface area contributed by atoms with Crippen molar-refractivity contribution in [2.75, 3.05) is 19.6 Å². The van der Waals surface area contributed by atoms with Gasteiger partial charge in [-0.2, -0.15) is 0 Å². The number of carbonyl (C=O) groups is 1. The molecule has 0 fully saturated rings. The van der Waals surface area contributed by atoms with E-state index in [4.69, 9.17) is 0 Å². The fraction of sp³-hybridized carbons (Fsp3) is 0.259. The Morgan fingerprint density at radius 1 is 1.00 bits per heavy atom. The molecule has 3 nitrogen and oxygen atoms in total. The van der Waals surface area contributed by atoms with Crippen LogP contribution in [-0.2, 0) is 0 Å². The first-order valence-corrected chi connectivity index (χ1v) is 10.9. The molecule has 1 atom stereocenters. The predicted molar refractivity (Wildman–Crippen MR) is 123 cm³/mol. The van der Waals surface area contributed by atoms with Crippen molar-refractivity contribution in [3.63, 3.8) is 0 Å². The first-order valence-electron chi connectivity index (χ1n) is 10.9. The lowest BCUT2D eigenvalue weighted by molar-refractivity contribution is 0.0999. The average molecular weight is 395 g/mol. The van der Waals surface area contributed by atoms with Gasteiger partial charge < -0.3 is 0 Å². The molecule has 2 aromatic carbocycles. The molecule has 0 saturated heterocycles. The molecule has 2 heterocycles. The highest BCUT2D eigenvalue weighted by atomic mass is 16.1. The number of allylic oxidation sites excluding steroid dienone is 4. The minimum absolute atomic E-state index is 0.116. The van der Waals surface area contributed by atoms with Gasteiger partial charge in [0.05, 0.1) is 5.71 Å². The first kappa shape index (κ1) is 19.0. The van der Waals surface area contributed by atoms with Gasteiger partial charge in [0.15, 0.2) is 0 Å². The molecule has 0 spiro atoms. The fourth-order valence-corrected chi connectivity index (χ4v) is 4.65. The Bertz CT molecular complexity index is 1080. The molecule has 2 aromatic rings. The van der Waals surface area contributed by atoms with Crippen LogP contribution in [0.25, 0.3) is 5.57 Å². The summed E-state index contributed by atoms with van der Waals surface area (Å²) in [5.41, 5.74) is 6.88. The highest BCUT2D eigenvalue weighted by molar-refractivity contribution is 6.16. The quantitative estimate of drug-likeness (QED) is 0.677. The largest absolute Gasteiger partial charge is 0.299 e. The van der Waals surface area contributed by atoms with Gasteiger partial charge in [-0.1, -0.05) is 72.3 Å². The predicted octanol–water partition coefficient (Wildman–Crippen LogP) is 5.43. The van der Waals surface area contributed by atoms with E-state index in [0.29, 0.717) is 0 Å². The molecule has 5 rings (SSSR count). The molecule has 3 heteroatoms. The minimum atomic E-state index is -0.119. The summed E-state index contributed by atoms with van der Waals surface area (Å²) in [5, 5.41) is 0. The van der Waals surface area contributed by atoms with Crippen molar-refractivity contribution < 1.29 is 4.79 Å². The molecule has 2 aliphatic heterocycles. The van der Waals surface area contributed by atoms with Gasteiger partial charge in [0.1, 0.15) is 0 Å². The van der Waals surface area contributed by atoms with Gasteiger partial charge in [0.2, 0.25) is 0 Å². The lowest BCUT2D eigenvalue weighted by atomic mass is 9.82. The van der Waals surface area contributed by atoms with Gasteiger partial charge in [-0.25, -0.2) is 4.99 Å². The molecule has 3 aliphatic rings. The lowest BCUT2D eigenvalue weighted by Crippen LogP contribution is -2.29. The van der Waals surface area contributed by atoms with E-state index in [-0.39, 0.29) is 11.8 Å². The molecule has 1 aliphatic carbocycles. The Morgan fingerprint density at radius 2 is 1.83 bits per heavy atom. The fourth-order valence-electron chi connectivity index (χ4n) is 4.65. The third-order valence-corrected chi connectivity index (χ3v) is 6.30. The van der Waals surface area contributed by atoms with E-state index in [1.165, 1.54) is 16.7 Å². The molecule has 0 radical (unpaired) electrons. The van der Waals surface area contributed by atoms with E-state index in [9.17, 15) is 4.79 Å². The third-order valence-electron chi connectivity index (χ3n) is 6.30. The summed E-state index contributed by atoms with van der Waals surface area (Å²) in [7, 11) is 0. The van der Waals surface area contributed by atoms with Crippen molar-refractivity contribution >= 4 is 17.2 Å². The zero-order valence-electron chi connectivity index (χ0n) is 17.1. The third kappa shape index (κ3) is 3.86. The van der Waals surface area contributed by atoms with Crippen molar-refractivity contribution in [1.82, 2.24) is 4.90 Å². The lowest BCUT2D eigenvalue weighted by Gasteiger charge is -2.27. The van der Waals surface area contributed by atoms with E-state index in [1.807, 2.05) is 24.3 Å². The smallest absolute Gasteiger partial charge is 0.277 e. The second-order valence-corrected chi connectivity index (χ2v) is 8.23. The van der Waals surface area contributed by atoms with E-state index >= 15 is 0 Å². The van der Waals surface area contributed by atoms with E-state index in [0.717, 1.165) is 55.7 Å². The highest BCUT2D eigenvalue weighted by Crippen LogP contribution is 2.33. The second kappa shape index (κ2) is 8.37. The van der Waals surface area contributed by atoms with Gasteiger partial charge in [0.25, 0.3) is 5.91 Å². The molecular weight excluding hydrogens is 368 g/mol. The number of rotatable bonds is 5. The Labute approximate surface area is 178 Å². The number of carbonyl (C=O) groups excluding carboxylic acids is 1. The summed E-state index contributed by atoms with van der Waals surface area (Å²) in [6, 6.07) is 18.6. The summed E-state index contributed by atoms with van der Waals surface area (Å²) in [6.45, 7) is 3.28. The number of hydrogen-bond acceptors (Lipinski definition) is 2. The van der Waals surface area contributed by atoms with E-state index in [2.05, 4.69) is 64.5 Å². The number of amides is 1. The monoisotopic (exact) mass is 394 g/mol. The van der Waals surface area contributed by atoms with Gasteiger partial charge >= 0.3 is 0 Å². The maximum atomic E-state index is 12.2. The van der Waals surface area contributed by atoms with Crippen LogP contribution < -0.4 is 0 Å². The van der Waals surface area contributed by atoms with Gasteiger partial charge in [-0.3, -0.25) is 9.69 Å². The van der Waals surface area contributed by atoms with E-state index < -0.39 is 0 Å². The summed E-state index contributed by atoms with van der Waals surface area (Å²) >= 11 is 0. The standard InChI is InChI=1S/C27H26N2O/c30-27-24-11-5-4-10-23(24)25-19-20(12-13-26(25)28-27)7-6-16-29-17-14-22(15-18-29)21-8-2-1-3-9-21/h1-5,8-14,19,25H,6-7,15-18H2. The van der Waals surface area contributed by atoms with Gasteiger partial charge in [-0.15, -0.1) is 0 Å². The molecule has 0 N–H and O–H groups in total. The number of aliphatic imine (C=N–C) groups is 1. The Morgan fingerprint density at radius 3 is 2.67 bits per heavy atom. The topological polar surface area (TPSA) is 32.7 Å². The Balaban J connectivity index is 1.18. The SMILES string of the molecule is O=C1N=C2C=CC(CCCN3CC=C(c4ccccc4)CC3)=CC2c2ccccc21. The van der Waals surface area contributed by atoms with Crippen LogP contribution >= 0.6 is 0 Å². The van der Waals surface area contributed by atoms with Gasteiger partial charge in [0, 0.05) is 24.6 Å². The zero-order chi connectivity index (χ0) is 20.3. The van der Waals surface area contributed by atoms with Crippen molar-refractivity contribution in [3.8, 4) is 0 Å². The summed E-state index contributed by atoms with van der Waals surface area (Å²) < 4.78 is 0. The van der Waals surface area contributed by atoms with Gasteiger partial charge in [-0.05, 0) is 54.6 Å². The molecular formula is C27H26N2O. The normalized spacial score (nSPS) is 20.7. The maximum absolute atomic E-state index is 12.2. The second-order valence-electron chi connectivity index (χ2n) is 8.23. The molecule has 0 bridgehead atoms. The number of hydrogen-bond donors (Lipinski definition) is 0.